The van der Waals surface area contributed by atoms with Gasteiger partial charge >= 0.3 is 5.97 Å². The fourth-order valence-corrected chi connectivity index (χ4v) is 4.36. The maximum absolute atomic E-state index is 12.5. The first-order chi connectivity index (χ1) is 17.4. The highest BCUT2D eigenvalue weighted by Gasteiger charge is 2.54. The lowest BCUT2D eigenvalue weighted by Crippen LogP contribution is -2.66. The van der Waals surface area contributed by atoms with Crippen LogP contribution in [0.3, 0.4) is 0 Å². The second-order valence-corrected chi connectivity index (χ2v) is 9.37. The number of esters is 1. The van der Waals surface area contributed by atoms with Crippen molar-refractivity contribution in [2.75, 3.05) is 13.7 Å². The summed E-state index contributed by atoms with van der Waals surface area (Å²) < 4.78 is 38.1. The summed E-state index contributed by atoms with van der Waals surface area (Å²) in [5.41, 5.74) is 0. The standard InChI is InChI=1S/C22H38O15/c1-5-6-32-20-15(29)13(27)16(18(37-20)19(30)31-4)35-22-17(12(26)10(24)8(3)34-22)36-21-14(28)11(25)9(23)7(2)33-21/h7-18,20-29H,5-6H2,1-4H3/t7-,8-,9-,10-,11+,12+,13+,14+,15+,16+,17+,18-,20+,21-,22-/m0/s1. The third-order valence-electron chi connectivity index (χ3n) is 6.64. The first-order valence-corrected chi connectivity index (χ1v) is 12.2. The molecule has 0 saturated carbocycles. The molecule has 15 heteroatoms. The highest BCUT2D eigenvalue weighted by Crippen LogP contribution is 2.33. The van der Waals surface area contributed by atoms with Crippen molar-refractivity contribution in [3.05, 3.63) is 0 Å². The molecule has 0 aromatic rings. The maximum atomic E-state index is 12.5. The van der Waals surface area contributed by atoms with E-state index in [0.717, 1.165) is 7.11 Å². The maximum Gasteiger partial charge on any atom is 0.337 e. The van der Waals surface area contributed by atoms with Crippen molar-refractivity contribution in [2.24, 2.45) is 0 Å². The number of aliphatic hydroxyl groups excluding tert-OH is 7. The van der Waals surface area contributed by atoms with Gasteiger partial charge in [0.15, 0.2) is 25.0 Å². The zero-order valence-electron chi connectivity index (χ0n) is 21.0. The van der Waals surface area contributed by atoms with Gasteiger partial charge in [-0.15, -0.1) is 0 Å². The molecule has 3 aliphatic rings. The molecule has 15 atom stereocenters. The lowest BCUT2D eigenvalue weighted by atomic mass is 9.96. The van der Waals surface area contributed by atoms with Gasteiger partial charge in [0.1, 0.15) is 54.9 Å². The van der Waals surface area contributed by atoms with Crippen molar-refractivity contribution in [1.29, 1.82) is 0 Å². The SMILES string of the molecule is CCCO[C@@H]1O[C@H](C(=O)OC)[C@H](O[C@@H]2O[C@@H](C)[C@H](O)[C@@H](O)[C@H]2O[C@@H]2O[C@@H](C)[C@H](O)[C@@H](O)[C@H]2O)[C@H](O)[C@H]1O. The summed E-state index contributed by atoms with van der Waals surface area (Å²) in [7, 11) is 1.08. The summed E-state index contributed by atoms with van der Waals surface area (Å²) >= 11 is 0. The summed E-state index contributed by atoms with van der Waals surface area (Å²) in [6, 6.07) is 0. The minimum Gasteiger partial charge on any atom is -0.467 e. The van der Waals surface area contributed by atoms with E-state index in [1.807, 2.05) is 6.92 Å². The molecule has 216 valence electrons. The van der Waals surface area contributed by atoms with E-state index in [4.69, 9.17) is 33.2 Å². The predicted octanol–water partition coefficient (Wildman–Crippen LogP) is -3.90. The molecule has 0 unspecified atom stereocenters. The zero-order valence-corrected chi connectivity index (χ0v) is 21.0. The molecule has 0 spiro atoms. The number of rotatable bonds is 8. The van der Waals surface area contributed by atoms with Crippen molar-refractivity contribution in [1.82, 2.24) is 0 Å². The van der Waals surface area contributed by atoms with Crippen LogP contribution in [0, 0.1) is 0 Å². The first kappa shape index (κ1) is 30.5. The van der Waals surface area contributed by atoms with Gasteiger partial charge in [0.25, 0.3) is 0 Å². The van der Waals surface area contributed by atoms with Crippen LogP contribution in [-0.2, 0) is 38.0 Å². The van der Waals surface area contributed by atoms with Gasteiger partial charge in [0.05, 0.1) is 19.3 Å². The summed E-state index contributed by atoms with van der Waals surface area (Å²) in [6.07, 6.45) is -22.2. The third kappa shape index (κ3) is 6.41. The second kappa shape index (κ2) is 12.9. The number of methoxy groups -OCH3 is 1. The molecule has 3 heterocycles. The average molecular weight is 543 g/mol. The molecular weight excluding hydrogens is 504 g/mol. The number of carbonyl (C=O) groups excluding carboxylic acids is 1. The Labute approximate surface area is 213 Å². The van der Waals surface area contributed by atoms with Gasteiger partial charge in [-0.25, -0.2) is 4.79 Å². The molecule has 3 fully saturated rings. The van der Waals surface area contributed by atoms with Crippen LogP contribution in [-0.4, -0.2) is 148 Å². The molecule has 3 saturated heterocycles. The molecule has 0 radical (unpaired) electrons. The van der Waals surface area contributed by atoms with Gasteiger partial charge in [-0.3, -0.25) is 0 Å². The van der Waals surface area contributed by atoms with E-state index in [2.05, 4.69) is 0 Å². The fourth-order valence-electron chi connectivity index (χ4n) is 4.36. The van der Waals surface area contributed by atoms with Crippen LogP contribution in [0.2, 0.25) is 0 Å². The lowest BCUT2D eigenvalue weighted by Gasteiger charge is -2.48. The average Bonchev–Trinajstić information content (AvgIpc) is 2.88. The molecule has 0 aromatic carbocycles. The van der Waals surface area contributed by atoms with Crippen molar-refractivity contribution in [3.8, 4) is 0 Å². The Kier molecular flexibility index (Phi) is 10.6. The molecule has 3 aliphatic heterocycles. The summed E-state index contributed by atoms with van der Waals surface area (Å²) in [5, 5.41) is 72.8. The molecule has 0 aromatic heterocycles. The molecule has 0 aliphatic carbocycles. The number of carbonyl (C=O) groups is 1. The molecule has 7 N–H and O–H groups in total. The van der Waals surface area contributed by atoms with E-state index in [9.17, 15) is 40.5 Å². The van der Waals surface area contributed by atoms with Crippen LogP contribution in [0.15, 0.2) is 0 Å². The second-order valence-electron chi connectivity index (χ2n) is 9.37. The largest absolute Gasteiger partial charge is 0.467 e. The first-order valence-electron chi connectivity index (χ1n) is 12.2. The van der Waals surface area contributed by atoms with Crippen molar-refractivity contribution in [3.63, 3.8) is 0 Å². The summed E-state index contributed by atoms with van der Waals surface area (Å²) in [6.45, 7) is 4.82. The number of aliphatic hydroxyl groups is 7. The molecule has 3 rings (SSSR count). The van der Waals surface area contributed by atoms with Gasteiger partial charge in [-0.05, 0) is 20.3 Å². The van der Waals surface area contributed by atoms with E-state index < -0.39 is 98.1 Å². The Morgan fingerprint density at radius 3 is 1.78 bits per heavy atom. The van der Waals surface area contributed by atoms with Crippen LogP contribution >= 0.6 is 0 Å². The highest BCUT2D eigenvalue weighted by molar-refractivity contribution is 5.75. The molecule has 0 amide bonds. The lowest BCUT2D eigenvalue weighted by molar-refractivity contribution is -0.382. The zero-order chi connectivity index (χ0) is 27.6. The van der Waals surface area contributed by atoms with Gasteiger partial charge < -0.3 is 68.9 Å². The minimum atomic E-state index is -1.75. The van der Waals surface area contributed by atoms with Crippen LogP contribution in [0.5, 0.6) is 0 Å². The number of hydrogen-bond donors (Lipinski definition) is 7. The minimum absolute atomic E-state index is 0.166. The Bertz CT molecular complexity index is 741. The Balaban J connectivity index is 1.84. The highest BCUT2D eigenvalue weighted by atomic mass is 16.8. The van der Waals surface area contributed by atoms with Crippen molar-refractivity contribution < 1.29 is 73.7 Å². The van der Waals surface area contributed by atoms with Gasteiger partial charge in [0.2, 0.25) is 0 Å². The van der Waals surface area contributed by atoms with Crippen molar-refractivity contribution >= 4 is 5.97 Å². The Morgan fingerprint density at radius 1 is 0.676 bits per heavy atom. The van der Waals surface area contributed by atoms with Gasteiger partial charge in [-0.2, -0.15) is 0 Å². The smallest absolute Gasteiger partial charge is 0.337 e. The van der Waals surface area contributed by atoms with Crippen LogP contribution in [0.25, 0.3) is 0 Å². The molecule has 15 nitrogen and oxygen atoms in total. The summed E-state index contributed by atoms with van der Waals surface area (Å²) in [5.74, 6) is -0.958. The van der Waals surface area contributed by atoms with Crippen LogP contribution in [0.4, 0.5) is 0 Å². The third-order valence-corrected chi connectivity index (χ3v) is 6.64. The van der Waals surface area contributed by atoms with E-state index >= 15 is 0 Å². The van der Waals surface area contributed by atoms with Gasteiger partial charge in [0, 0.05) is 6.61 Å². The van der Waals surface area contributed by atoms with Crippen molar-refractivity contribution in [2.45, 2.75) is 119 Å². The van der Waals surface area contributed by atoms with E-state index in [0.29, 0.717) is 6.42 Å². The number of ether oxygens (including phenoxy) is 7. The van der Waals surface area contributed by atoms with Gasteiger partial charge in [-0.1, -0.05) is 6.92 Å². The Morgan fingerprint density at radius 2 is 1.19 bits per heavy atom. The van der Waals surface area contributed by atoms with Crippen LogP contribution in [0.1, 0.15) is 27.2 Å². The summed E-state index contributed by atoms with van der Waals surface area (Å²) in [4.78, 5) is 12.5. The van der Waals surface area contributed by atoms with Crippen LogP contribution < -0.4 is 0 Å². The monoisotopic (exact) mass is 542 g/mol. The molecule has 0 bridgehead atoms. The quantitative estimate of drug-likeness (QED) is 0.146. The van der Waals surface area contributed by atoms with E-state index in [1.165, 1.54) is 13.8 Å². The normalized spacial score (nSPS) is 49.0. The molecule has 37 heavy (non-hydrogen) atoms. The topological polar surface area (TPSA) is 223 Å². The van der Waals surface area contributed by atoms with E-state index in [1.54, 1.807) is 0 Å². The Hall–Kier alpha value is -1.05. The molecular formula is C22H38O15. The number of hydrogen-bond acceptors (Lipinski definition) is 15. The fraction of sp³-hybridized carbons (Fsp3) is 0.955. The van der Waals surface area contributed by atoms with E-state index in [-0.39, 0.29) is 6.61 Å². The predicted molar refractivity (Wildman–Crippen MR) is 117 cm³/mol.